The van der Waals surface area contributed by atoms with Crippen LogP contribution in [0.2, 0.25) is 0 Å². The van der Waals surface area contributed by atoms with Gasteiger partial charge in [-0.15, -0.1) is 0 Å². The Morgan fingerprint density at radius 1 is 1.13 bits per heavy atom. The highest BCUT2D eigenvalue weighted by Crippen LogP contribution is 2.23. The molecule has 23 heavy (non-hydrogen) atoms. The van der Waals surface area contributed by atoms with Crippen LogP contribution in [0.25, 0.3) is 0 Å². The predicted octanol–water partition coefficient (Wildman–Crippen LogP) is 2.40. The first-order valence-electron chi connectivity index (χ1n) is 8.13. The number of nitrogens with one attached hydrogen (secondary N) is 1. The Bertz CT molecular complexity index is 639. The van der Waals surface area contributed by atoms with Gasteiger partial charge in [-0.3, -0.25) is 4.79 Å². The second-order valence-corrected chi connectivity index (χ2v) is 6.05. The fourth-order valence-corrected chi connectivity index (χ4v) is 3.00. The Labute approximate surface area is 137 Å². The van der Waals surface area contributed by atoms with E-state index >= 15 is 0 Å². The first kappa shape index (κ1) is 15.6. The minimum absolute atomic E-state index is 0.00766. The second-order valence-electron chi connectivity index (χ2n) is 6.05. The Hall–Kier alpha value is -2.33. The highest BCUT2D eigenvalue weighted by Gasteiger charge is 2.23. The number of carbonyl (C=O) groups excluding carboxylic acids is 1. The molecule has 1 atom stereocenters. The molecule has 3 N–H and O–H groups in total. The lowest BCUT2D eigenvalue weighted by molar-refractivity contribution is 0.0948. The summed E-state index contributed by atoms with van der Waals surface area (Å²) >= 11 is 0. The summed E-state index contributed by atoms with van der Waals surface area (Å²) < 4.78 is 0. The molecule has 1 unspecified atom stereocenters. The van der Waals surface area contributed by atoms with Gasteiger partial charge in [0.2, 0.25) is 0 Å². The van der Waals surface area contributed by atoms with Gasteiger partial charge >= 0.3 is 0 Å². The van der Waals surface area contributed by atoms with Gasteiger partial charge in [0.1, 0.15) is 0 Å². The van der Waals surface area contributed by atoms with Gasteiger partial charge in [-0.25, -0.2) is 0 Å². The lowest BCUT2D eigenvalue weighted by Gasteiger charge is -2.18. The average molecular weight is 309 g/mol. The van der Waals surface area contributed by atoms with Gasteiger partial charge in [0.05, 0.1) is 0 Å². The number of para-hydroxylation sites is 1. The summed E-state index contributed by atoms with van der Waals surface area (Å²) in [5.41, 5.74) is 8.57. The summed E-state index contributed by atoms with van der Waals surface area (Å²) in [6.45, 7) is 3.27. The number of anilines is 1. The van der Waals surface area contributed by atoms with Crippen LogP contribution in [0.1, 0.15) is 22.3 Å². The normalized spacial score (nSPS) is 17.3. The fourth-order valence-electron chi connectivity index (χ4n) is 3.00. The maximum absolute atomic E-state index is 12.2. The molecule has 0 saturated carbocycles. The van der Waals surface area contributed by atoms with Crippen LogP contribution in [0.15, 0.2) is 54.6 Å². The molecule has 1 heterocycles. The molecule has 1 amide bonds. The predicted molar refractivity (Wildman–Crippen MR) is 93.4 cm³/mol. The lowest BCUT2D eigenvalue weighted by atomic mass is 10.1. The summed E-state index contributed by atoms with van der Waals surface area (Å²) in [5.74, 6) is 0.495. The molecule has 1 aliphatic rings. The molecule has 3 rings (SSSR count). The highest BCUT2D eigenvalue weighted by atomic mass is 16.1. The molecule has 2 aromatic rings. The van der Waals surface area contributed by atoms with Crippen molar-refractivity contribution in [2.75, 3.05) is 24.5 Å². The van der Waals surface area contributed by atoms with E-state index in [0.29, 0.717) is 18.0 Å². The first-order chi connectivity index (χ1) is 11.3. The van der Waals surface area contributed by atoms with Gasteiger partial charge < -0.3 is 16.0 Å². The summed E-state index contributed by atoms with van der Waals surface area (Å²) in [6, 6.07) is 17.9. The van der Waals surface area contributed by atoms with Crippen LogP contribution >= 0.6 is 0 Å². The van der Waals surface area contributed by atoms with Crippen molar-refractivity contribution < 1.29 is 4.79 Å². The van der Waals surface area contributed by atoms with Crippen LogP contribution in [0.3, 0.4) is 0 Å². The van der Waals surface area contributed by atoms with Gasteiger partial charge in [0, 0.05) is 37.4 Å². The monoisotopic (exact) mass is 309 g/mol. The molecule has 1 aliphatic heterocycles. The molecule has 2 aromatic carbocycles. The Balaban J connectivity index is 1.50. The van der Waals surface area contributed by atoms with E-state index in [1.54, 1.807) is 0 Å². The molecule has 0 spiro atoms. The highest BCUT2D eigenvalue weighted by molar-refractivity contribution is 5.94. The summed E-state index contributed by atoms with van der Waals surface area (Å²) in [4.78, 5) is 14.6. The number of hydrogen-bond donors (Lipinski definition) is 2. The van der Waals surface area contributed by atoms with Crippen LogP contribution in [0.4, 0.5) is 5.69 Å². The molecular formula is C19H23N3O. The van der Waals surface area contributed by atoms with Crippen LogP contribution < -0.4 is 16.0 Å². The Kier molecular flexibility index (Phi) is 4.93. The van der Waals surface area contributed by atoms with E-state index < -0.39 is 0 Å². The third kappa shape index (κ3) is 3.90. The van der Waals surface area contributed by atoms with Gasteiger partial charge in [-0.1, -0.05) is 30.3 Å². The number of nitrogens with two attached hydrogens (primary N) is 1. The van der Waals surface area contributed by atoms with E-state index in [0.717, 1.165) is 31.6 Å². The lowest BCUT2D eigenvalue weighted by Crippen LogP contribution is -2.31. The molecule has 4 nitrogen and oxygen atoms in total. The van der Waals surface area contributed by atoms with Crippen molar-refractivity contribution in [3.05, 3.63) is 65.7 Å². The zero-order chi connectivity index (χ0) is 16.1. The zero-order valence-electron chi connectivity index (χ0n) is 13.2. The van der Waals surface area contributed by atoms with Gasteiger partial charge in [-0.2, -0.15) is 0 Å². The molecule has 120 valence electrons. The molecule has 4 heteroatoms. The minimum Gasteiger partial charge on any atom is -0.371 e. The number of amides is 1. The van der Waals surface area contributed by atoms with E-state index in [4.69, 9.17) is 5.73 Å². The van der Waals surface area contributed by atoms with Crippen LogP contribution in [0.5, 0.6) is 0 Å². The molecule has 0 aromatic heterocycles. The molecule has 0 radical (unpaired) electrons. The number of rotatable bonds is 5. The molecule has 1 fully saturated rings. The van der Waals surface area contributed by atoms with E-state index in [1.165, 1.54) is 5.69 Å². The third-order valence-electron chi connectivity index (χ3n) is 4.41. The van der Waals surface area contributed by atoms with E-state index in [1.807, 2.05) is 30.3 Å². The smallest absolute Gasteiger partial charge is 0.251 e. The summed E-state index contributed by atoms with van der Waals surface area (Å²) in [6.07, 6.45) is 1.11. The van der Waals surface area contributed by atoms with E-state index in [-0.39, 0.29) is 5.91 Å². The number of hydrogen-bond acceptors (Lipinski definition) is 3. The number of benzene rings is 2. The fraction of sp³-hybridized carbons (Fsp3) is 0.316. The van der Waals surface area contributed by atoms with Crippen molar-refractivity contribution in [2.45, 2.75) is 13.0 Å². The SMILES string of the molecule is NCc1ccc(C(=O)NCC2CCN(c3ccccc3)C2)cc1. The standard InChI is InChI=1S/C19H23N3O/c20-12-15-6-8-17(9-7-15)19(23)21-13-16-10-11-22(14-16)18-4-2-1-3-5-18/h1-9,16H,10-14,20H2,(H,21,23). The van der Waals surface area contributed by atoms with Crippen LogP contribution in [-0.4, -0.2) is 25.5 Å². The maximum Gasteiger partial charge on any atom is 0.251 e. The van der Waals surface area contributed by atoms with Gasteiger partial charge in [-0.05, 0) is 42.2 Å². The minimum atomic E-state index is -0.00766. The Morgan fingerprint density at radius 2 is 1.87 bits per heavy atom. The second kappa shape index (κ2) is 7.29. The molecule has 0 aliphatic carbocycles. The van der Waals surface area contributed by atoms with Crippen LogP contribution in [0, 0.1) is 5.92 Å². The van der Waals surface area contributed by atoms with Gasteiger partial charge in [0.25, 0.3) is 5.91 Å². The largest absolute Gasteiger partial charge is 0.371 e. The van der Waals surface area contributed by atoms with Crippen molar-refractivity contribution in [1.29, 1.82) is 0 Å². The zero-order valence-corrected chi connectivity index (χ0v) is 13.2. The van der Waals surface area contributed by atoms with Crippen molar-refractivity contribution >= 4 is 11.6 Å². The van der Waals surface area contributed by atoms with E-state index in [9.17, 15) is 4.79 Å². The topological polar surface area (TPSA) is 58.4 Å². The summed E-state index contributed by atoms with van der Waals surface area (Å²) in [5, 5.41) is 3.05. The Morgan fingerprint density at radius 3 is 2.57 bits per heavy atom. The molecular weight excluding hydrogens is 286 g/mol. The van der Waals surface area contributed by atoms with Crippen molar-refractivity contribution in [2.24, 2.45) is 11.7 Å². The van der Waals surface area contributed by atoms with E-state index in [2.05, 4.69) is 34.5 Å². The van der Waals surface area contributed by atoms with Crippen molar-refractivity contribution in [3.63, 3.8) is 0 Å². The van der Waals surface area contributed by atoms with Crippen molar-refractivity contribution in [1.82, 2.24) is 5.32 Å². The number of nitrogens with zero attached hydrogens (tertiary/aromatic N) is 1. The quantitative estimate of drug-likeness (QED) is 0.891. The molecule has 1 saturated heterocycles. The average Bonchev–Trinajstić information content (AvgIpc) is 3.09. The third-order valence-corrected chi connectivity index (χ3v) is 4.41. The van der Waals surface area contributed by atoms with Crippen LogP contribution in [-0.2, 0) is 6.54 Å². The molecule has 0 bridgehead atoms. The van der Waals surface area contributed by atoms with Crippen molar-refractivity contribution in [3.8, 4) is 0 Å². The number of carbonyl (C=O) groups is 1. The first-order valence-corrected chi connectivity index (χ1v) is 8.13. The van der Waals surface area contributed by atoms with Gasteiger partial charge in [0.15, 0.2) is 0 Å². The maximum atomic E-state index is 12.2. The summed E-state index contributed by atoms with van der Waals surface area (Å²) in [7, 11) is 0.